The molecular formula is C10H8ClNOS. The fraction of sp³-hybridized carbons (Fsp3) is 0.100. The Hall–Kier alpha value is -0.930. The molecule has 1 aromatic carbocycles. The first kappa shape index (κ1) is 9.62. The molecule has 0 unspecified atom stereocenters. The summed E-state index contributed by atoms with van der Waals surface area (Å²) in [6, 6.07) is 3.67. The summed E-state index contributed by atoms with van der Waals surface area (Å²) in [5.74, 6) is 0. The van der Waals surface area contributed by atoms with Crippen LogP contribution in [0.4, 0.5) is 0 Å². The predicted octanol–water partition coefficient (Wildman–Crippen LogP) is 3.36. The van der Waals surface area contributed by atoms with E-state index in [9.17, 15) is 4.79 Å². The highest BCUT2D eigenvalue weighted by Gasteiger charge is 2.09. The number of aromatic nitrogens is 1. The lowest BCUT2D eigenvalue weighted by Gasteiger charge is -2.01. The molecule has 0 saturated carbocycles. The van der Waals surface area contributed by atoms with Crippen LogP contribution < -0.4 is 0 Å². The van der Waals surface area contributed by atoms with Gasteiger partial charge in [0.15, 0.2) is 6.29 Å². The molecule has 1 aromatic heterocycles. The van der Waals surface area contributed by atoms with Gasteiger partial charge in [0.25, 0.3) is 0 Å². The minimum absolute atomic E-state index is 0.673. The molecule has 0 radical (unpaired) electrons. The minimum atomic E-state index is 0.673. The molecule has 72 valence electrons. The number of carbonyl (C=O) groups excluding carboxylic acids is 1. The van der Waals surface area contributed by atoms with Crippen molar-refractivity contribution < 1.29 is 4.79 Å². The van der Waals surface area contributed by atoms with Gasteiger partial charge >= 0.3 is 0 Å². The van der Waals surface area contributed by atoms with E-state index >= 15 is 0 Å². The lowest BCUT2D eigenvalue weighted by Crippen LogP contribution is -1.78. The van der Waals surface area contributed by atoms with Crippen LogP contribution >= 0.6 is 23.4 Å². The van der Waals surface area contributed by atoms with E-state index in [1.807, 2.05) is 18.4 Å². The van der Waals surface area contributed by atoms with Crippen molar-refractivity contribution in [1.29, 1.82) is 0 Å². The van der Waals surface area contributed by atoms with Crippen LogP contribution in [0.2, 0.25) is 5.02 Å². The third-order valence-electron chi connectivity index (χ3n) is 2.12. The van der Waals surface area contributed by atoms with E-state index in [0.29, 0.717) is 10.6 Å². The summed E-state index contributed by atoms with van der Waals surface area (Å²) >= 11 is 7.60. The van der Waals surface area contributed by atoms with Crippen molar-refractivity contribution >= 4 is 40.6 Å². The first-order valence-corrected chi connectivity index (χ1v) is 5.67. The maximum absolute atomic E-state index is 10.7. The summed E-state index contributed by atoms with van der Waals surface area (Å²) in [4.78, 5) is 14.8. The van der Waals surface area contributed by atoms with E-state index in [4.69, 9.17) is 11.6 Å². The molecule has 2 rings (SSSR count). The van der Waals surface area contributed by atoms with Gasteiger partial charge in [0, 0.05) is 22.0 Å². The normalized spacial score (nSPS) is 10.7. The zero-order valence-corrected chi connectivity index (χ0v) is 9.08. The fourth-order valence-electron chi connectivity index (χ4n) is 1.47. The number of aromatic amines is 1. The number of thioether (sulfide) groups is 1. The quantitative estimate of drug-likeness (QED) is 0.628. The molecule has 0 spiro atoms. The van der Waals surface area contributed by atoms with Crippen molar-refractivity contribution in [3.63, 3.8) is 0 Å². The fourth-order valence-corrected chi connectivity index (χ4v) is 2.49. The van der Waals surface area contributed by atoms with E-state index in [2.05, 4.69) is 4.98 Å². The summed E-state index contributed by atoms with van der Waals surface area (Å²) in [6.45, 7) is 0. The largest absolute Gasteiger partial charge is 0.359 e. The molecule has 0 bridgehead atoms. The minimum Gasteiger partial charge on any atom is -0.359 e. The molecular weight excluding hydrogens is 218 g/mol. The van der Waals surface area contributed by atoms with Crippen LogP contribution in [0.5, 0.6) is 0 Å². The average Bonchev–Trinajstić information content (AvgIpc) is 2.60. The number of fused-ring (bicyclic) bond motifs is 1. The molecule has 4 heteroatoms. The monoisotopic (exact) mass is 225 g/mol. The average molecular weight is 226 g/mol. The van der Waals surface area contributed by atoms with Crippen LogP contribution in [-0.4, -0.2) is 17.5 Å². The van der Waals surface area contributed by atoms with E-state index in [1.165, 1.54) is 0 Å². The number of aldehydes is 1. The third-order valence-corrected chi connectivity index (χ3v) is 3.38. The van der Waals surface area contributed by atoms with Crippen molar-refractivity contribution in [2.24, 2.45) is 0 Å². The van der Waals surface area contributed by atoms with E-state index < -0.39 is 0 Å². The highest BCUT2D eigenvalue weighted by molar-refractivity contribution is 7.99. The van der Waals surface area contributed by atoms with Gasteiger partial charge in [-0.2, -0.15) is 0 Å². The summed E-state index contributed by atoms with van der Waals surface area (Å²) in [5, 5.41) is 1.64. The van der Waals surface area contributed by atoms with Gasteiger partial charge in [-0.1, -0.05) is 17.7 Å². The Morgan fingerprint density at radius 2 is 2.29 bits per heavy atom. The molecule has 0 fully saturated rings. The number of halogens is 1. The Bertz CT molecular complexity index is 492. The maximum atomic E-state index is 10.7. The Balaban J connectivity index is 2.83. The van der Waals surface area contributed by atoms with Gasteiger partial charge < -0.3 is 4.98 Å². The zero-order valence-electron chi connectivity index (χ0n) is 7.50. The number of benzene rings is 1. The lowest BCUT2D eigenvalue weighted by atomic mass is 10.2. The third kappa shape index (κ3) is 1.33. The molecule has 0 amide bonds. The van der Waals surface area contributed by atoms with Crippen LogP contribution in [0.15, 0.2) is 23.2 Å². The van der Waals surface area contributed by atoms with Crippen molar-refractivity contribution in [2.45, 2.75) is 4.90 Å². The van der Waals surface area contributed by atoms with Crippen molar-refractivity contribution in [1.82, 2.24) is 4.98 Å². The topological polar surface area (TPSA) is 32.9 Å². The van der Waals surface area contributed by atoms with Crippen LogP contribution in [-0.2, 0) is 0 Å². The number of hydrogen-bond donors (Lipinski definition) is 1. The van der Waals surface area contributed by atoms with Gasteiger partial charge in [-0.3, -0.25) is 4.79 Å². The molecule has 0 aliphatic heterocycles. The van der Waals surface area contributed by atoms with Crippen molar-refractivity contribution in [3.05, 3.63) is 28.9 Å². The maximum Gasteiger partial charge on any atom is 0.152 e. The van der Waals surface area contributed by atoms with Crippen LogP contribution in [0.3, 0.4) is 0 Å². The highest BCUT2D eigenvalue weighted by atomic mass is 35.5. The second-order valence-corrected chi connectivity index (χ2v) is 4.09. The predicted molar refractivity (Wildman–Crippen MR) is 60.5 cm³/mol. The molecule has 14 heavy (non-hydrogen) atoms. The Kier molecular flexibility index (Phi) is 2.52. The van der Waals surface area contributed by atoms with Crippen molar-refractivity contribution in [3.8, 4) is 0 Å². The zero-order chi connectivity index (χ0) is 10.1. The second kappa shape index (κ2) is 3.67. The second-order valence-electron chi connectivity index (χ2n) is 2.87. The standard InChI is InChI=1S/C10H8ClNOS/c1-14-10-8(11)3-2-7-6(5-13)4-12-9(7)10/h2-5,12H,1H3. The Morgan fingerprint density at radius 1 is 1.50 bits per heavy atom. The summed E-state index contributed by atoms with van der Waals surface area (Å²) in [7, 11) is 0. The van der Waals surface area contributed by atoms with Gasteiger partial charge in [0.1, 0.15) is 0 Å². The number of nitrogens with one attached hydrogen (secondary N) is 1. The number of hydrogen-bond acceptors (Lipinski definition) is 2. The molecule has 2 aromatic rings. The van der Waals surface area contributed by atoms with Crippen LogP contribution in [0, 0.1) is 0 Å². The number of rotatable bonds is 2. The highest BCUT2D eigenvalue weighted by Crippen LogP contribution is 2.33. The molecule has 0 saturated heterocycles. The molecule has 2 nitrogen and oxygen atoms in total. The Labute approximate surface area is 90.6 Å². The van der Waals surface area contributed by atoms with Crippen LogP contribution in [0.25, 0.3) is 10.9 Å². The Morgan fingerprint density at radius 3 is 2.93 bits per heavy atom. The summed E-state index contributed by atoms with van der Waals surface area (Å²) in [5.41, 5.74) is 1.61. The molecule has 1 heterocycles. The lowest BCUT2D eigenvalue weighted by molar-refractivity contribution is 0.112. The summed E-state index contributed by atoms with van der Waals surface area (Å²) in [6.07, 6.45) is 4.51. The van der Waals surface area contributed by atoms with Crippen LogP contribution in [0.1, 0.15) is 10.4 Å². The number of carbonyl (C=O) groups is 1. The van der Waals surface area contributed by atoms with E-state index in [-0.39, 0.29) is 0 Å². The molecule has 0 aliphatic rings. The van der Waals surface area contributed by atoms with Gasteiger partial charge in [0.05, 0.1) is 10.5 Å². The van der Waals surface area contributed by atoms with E-state index in [1.54, 1.807) is 18.0 Å². The molecule has 0 aliphatic carbocycles. The van der Waals surface area contributed by atoms with Gasteiger partial charge in [-0.25, -0.2) is 0 Å². The molecule has 1 N–H and O–H groups in total. The van der Waals surface area contributed by atoms with E-state index in [0.717, 1.165) is 22.1 Å². The van der Waals surface area contributed by atoms with Gasteiger partial charge in [-0.15, -0.1) is 11.8 Å². The first-order chi connectivity index (χ1) is 6.77. The summed E-state index contributed by atoms with van der Waals surface area (Å²) < 4.78 is 0. The van der Waals surface area contributed by atoms with Crippen molar-refractivity contribution in [2.75, 3.05) is 6.26 Å². The first-order valence-electron chi connectivity index (χ1n) is 4.06. The SMILES string of the molecule is CSc1c(Cl)ccc2c(C=O)c[nH]c12. The van der Waals surface area contributed by atoms with Gasteiger partial charge in [0.2, 0.25) is 0 Å². The number of H-pyrrole nitrogens is 1. The smallest absolute Gasteiger partial charge is 0.152 e. The molecule has 0 atom stereocenters. The van der Waals surface area contributed by atoms with Gasteiger partial charge in [-0.05, 0) is 12.3 Å².